The van der Waals surface area contributed by atoms with Crippen molar-refractivity contribution in [1.29, 1.82) is 0 Å². The Labute approximate surface area is 93.5 Å². The fraction of sp³-hybridized carbons (Fsp3) is 0.300. The van der Waals surface area contributed by atoms with E-state index in [1.54, 1.807) is 0 Å². The first-order chi connectivity index (χ1) is 9.84. The molecule has 0 atom stereocenters. The van der Waals surface area contributed by atoms with Gasteiger partial charge in [-0.15, -0.1) is 0 Å². The summed E-state index contributed by atoms with van der Waals surface area (Å²) < 4.78 is 64.4. The van der Waals surface area contributed by atoms with Gasteiger partial charge in [0.25, 0.3) is 0 Å². The quantitative estimate of drug-likeness (QED) is 0.748. The smallest absolute Gasteiger partial charge is 0.167 e. The Morgan fingerprint density at radius 1 is 1.71 bits per heavy atom. The van der Waals surface area contributed by atoms with E-state index < -0.39 is 20.4 Å². The first-order valence-corrected chi connectivity index (χ1v) is 3.80. The molecule has 2 aromatic rings. The van der Waals surface area contributed by atoms with Crippen molar-refractivity contribution >= 4 is 16.6 Å². The third-order valence-electron chi connectivity index (χ3n) is 1.93. The van der Waals surface area contributed by atoms with Crippen LogP contribution in [0.15, 0.2) is 18.3 Å². The Kier molecular flexibility index (Phi) is 0.793. The lowest BCUT2D eigenvalue weighted by Crippen LogP contribution is -1.99. The second kappa shape index (κ2) is 3.21. The van der Waals surface area contributed by atoms with Gasteiger partial charge >= 0.3 is 0 Å². The van der Waals surface area contributed by atoms with Crippen LogP contribution in [0.25, 0.3) is 10.9 Å². The van der Waals surface area contributed by atoms with Crippen LogP contribution >= 0.6 is 0 Å². The Hall–Kier alpha value is -1.71. The fourth-order valence-corrected chi connectivity index (χ4v) is 1.29. The number of anilines is 1. The van der Waals surface area contributed by atoms with Crippen molar-refractivity contribution < 1.29 is 15.7 Å². The monoisotopic (exact) mass is 199 g/mol. The molecule has 2 N–H and O–H groups in total. The molecule has 0 aliphatic rings. The topological polar surface area (TPSA) is 53.1 Å². The molecule has 0 bridgehead atoms. The molecule has 1 heterocycles. The zero-order chi connectivity index (χ0) is 16.9. The summed E-state index contributed by atoms with van der Waals surface area (Å²) in [5.41, 5.74) is 5.50. The average Bonchev–Trinajstić information content (AvgIpc) is 2.74. The van der Waals surface area contributed by atoms with Crippen LogP contribution in [-0.2, 0) is 6.50 Å². The van der Waals surface area contributed by atoms with Gasteiger partial charge in [0.05, 0.1) is 25.8 Å². The Balaban J connectivity index is 2.76. The lowest BCUT2D eigenvalue weighted by molar-refractivity contribution is 0.418. The number of nitrogens with two attached hydrogens (primary N) is 1. The number of ether oxygens (including phenoxy) is 1. The van der Waals surface area contributed by atoms with Crippen LogP contribution in [0.5, 0.6) is 5.75 Å². The number of rotatable bonds is 2. The SMILES string of the molecule is [2H]C([2H])([2H])Oc1c(N)ccc2cnn(C([2H])([2H])C([2H])([2H])[2H])c12. The molecule has 0 amide bonds. The molecule has 1 aromatic carbocycles. The molecule has 0 saturated heterocycles. The van der Waals surface area contributed by atoms with Gasteiger partial charge in [0.2, 0.25) is 0 Å². The number of nitrogen functional groups attached to an aromatic ring is 1. The highest BCUT2D eigenvalue weighted by molar-refractivity contribution is 5.89. The maximum Gasteiger partial charge on any atom is 0.167 e. The Bertz CT molecular complexity index is 702. The number of hydrogen-bond acceptors (Lipinski definition) is 3. The number of aryl methyl sites for hydroxylation is 1. The Morgan fingerprint density at radius 2 is 2.64 bits per heavy atom. The van der Waals surface area contributed by atoms with Crippen molar-refractivity contribution in [1.82, 2.24) is 9.78 Å². The van der Waals surface area contributed by atoms with Gasteiger partial charge in [-0.1, -0.05) is 0 Å². The summed E-state index contributed by atoms with van der Waals surface area (Å²) in [6.45, 7) is -5.89. The van der Waals surface area contributed by atoms with Crippen molar-refractivity contribution in [3.8, 4) is 5.75 Å². The molecule has 0 saturated carbocycles. The van der Waals surface area contributed by atoms with Gasteiger partial charge in [-0.25, -0.2) is 0 Å². The van der Waals surface area contributed by atoms with Crippen molar-refractivity contribution in [2.75, 3.05) is 12.8 Å². The second-order valence-corrected chi connectivity index (χ2v) is 2.69. The molecular formula is C10H13N3O. The minimum Gasteiger partial charge on any atom is -0.492 e. The molecule has 0 unspecified atom stereocenters. The molecule has 4 heteroatoms. The van der Waals surface area contributed by atoms with Crippen molar-refractivity contribution in [2.45, 2.75) is 13.3 Å². The van der Waals surface area contributed by atoms with Gasteiger partial charge in [-0.05, 0) is 19.0 Å². The van der Waals surface area contributed by atoms with E-state index >= 15 is 0 Å². The van der Waals surface area contributed by atoms with Crippen LogP contribution in [0, 0.1) is 0 Å². The summed E-state index contributed by atoms with van der Waals surface area (Å²) in [5.74, 6) is -0.330. The summed E-state index contributed by atoms with van der Waals surface area (Å²) in [5, 5.41) is 4.03. The van der Waals surface area contributed by atoms with Gasteiger partial charge in [-0.3, -0.25) is 4.68 Å². The van der Waals surface area contributed by atoms with Gasteiger partial charge in [-0.2, -0.15) is 5.10 Å². The highest BCUT2D eigenvalue weighted by Crippen LogP contribution is 2.31. The van der Waals surface area contributed by atoms with Crippen LogP contribution in [0.3, 0.4) is 0 Å². The number of nitrogens with zero attached hydrogens (tertiary/aromatic N) is 2. The lowest BCUT2D eigenvalue weighted by Gasteiger charge is -2.07. The van der Waals surface area contributed by atoms with E-state index in [1.165, 1.54) is 18.3 Å². The fourth-order valence-electron chi connectivity index (χ4n) is 1.29. The molecule has 2 rings (SSSR count). The zero-order valence-electron chi connectivity index (χ0n) is 15.1. The molecule has 1 aromatic heterocycles. The normalized spacial score (nSPS) is 22.0. The van der Waals surface area contributed by atoms with E-state index in [9.17, 15) is 0 Å². The molecule has 0 aliphatic heterocycles. The number of methoxy groups -OCH3 is 1. The van der Waals surface area contributed by atoms with Crippen molar-refractivity contribution in [3.05, 3.63) is 18.3 Å². The highest BCUT2D eigenvalue weighted by Gasteiger charge is 2.10. The third kappa shape index (κ3) is 1.11. The standard InChI is InChI=1S/C10H13N3O/c1-3-13-9-7(6-12-13)4-5-8(11)10(9)14-2/h4-6H,3,11H2,1-2H3/i1D3,2D3,3D2. The molecule has 74 valence electrons. The molecular weight excluding hydrogens is 178 g/mol. The highest BCUT2D eigenvalue weighted by atomic mass is 16.5. The largest absolute Gasteiger partial charge is 0.492 e. The maximum atomic E-state index is 7.78. The molecule has 0 radical (unpaired) electrons. The summed E-state index contributed by atoms with van der Waals surface area (Å²) >= 11 is 0. The van der Waals surface area contributed by atoms with E-state index in [-0.39, 0.29) is 17.0 Å². The predicted molar refractivity (Wildman–Crippen MR) is 56.4 cm³/mol. The lowest BCUT2D eigenvalue weighted by atomic mass is 10.2. The summed E-state index contributed by atoms with van der Waals surface area (Å²) in [4.78, 5) is 0. The first-order valence-electron chi connectivity index (χ1n) is 7.80. The van der Waals surface area contributed by atoms with Crippen LogP contribution in [0.4, 0.5) is 5.69 Å². The van der Waals surface area contributed by atoms with Crippen molar-refractivity contribution in [3.63, 3.8) is 0 Å². The number of benzene rings is 1. The molecule has 4 nitrogen and oxygen atoms in total. The van der Waals surface area contributed by atoms with Gasteiger partial charge in [0, 0.05) is 16.0 Å². The Morgan fingerprint density at radius 3 is 3.43 bits per heavy atom. The summed E-state index contributed by atoms with van der Waals surface area (Å²) in [7, 11) is -2.83. The summed E-state index contributed by atoms with van der Waals surface area (Å²) in [6, 6.07) is 2.84. The van der Waals surface area contributed by atoms with E-state index in [1.807, 2.05) is 0 Å². The van der Waals surface area contributed by atoms with Crippen LogP contribution in [-0.4, -0.2) is 16.8 Å². The predicted octanol–water partition coefficient (Wildman–Crippen LogP) is 1.65. The minimum absolute atomic E-state index is 0.0632. The van der Waals surface area contributed by atoms with Crippen molar-refractivity contribution in [2.24, 2.45) is 0 Å². The van der Waals surface area contributed by atoms with E-state index in [2.05, 4.69) is 5.10 Å². The number of fused-ring (bicyclic) bond motifs is 1. The number of hydrogen-bond donors (Lipinski definition) is 1. The average molecular weight is 199 g/mol. The first kappa shape index (κ1) is 3.46. The molecule has 0 spiro atoms. The minimum atomic E-state index is -3.02. The summed E-state index contributed by atoms with van der Waals surface area (Å²) in [6.07, 6.45) is 1.21. The van der Waals surface area contributed by atoms with Crippen LogP contribution in [0.2, 0.25) is 0 Å². The van der Waals surface area contributed by atoms with E-state index in [0.29, 0.717) is 10.1 Å². The molecule has 0 aliphatic carbocycles. The molecule has 0 fully saturated rings. The molecule has 14 heavy (non-hydrogen) atoms. The van der Waals surface area contributed by atoms with E-state index in [0.717, 1.165) is 0 Å². The van der Waals surface area contributed by atoms with Gasteiger partial charge in [0.15, 0.2) is 5.75 Å². The van der Waals surface area contributed by atoms with E-state index in [4.69, 9.17) is 21.4 Å². The number of aromatic nitrogens is 2. The van der Waals surface area contributed by atoms with Crippen LogP contribution in [0.1, 0.15) is 17.8 Å². The van der Waals surface area contributed by atoms with Gasteiger partial charge in [0.1, 0.15) is 5.52 Å². The maximum absolute atomic E-state index is 7.78. The zero-order valence-corrected chi connectivity index (χ0v) is 7.11. The van der Waals surface area contributed by atoms with Gasteiger partial charge < -0.3 is 10.5 Å². The third-order valence-corrected chi connectivity index (χ3v) is 1.93. The second-order valence-electron chi connectivity index (χ2n) is 2.69. The van der Waals surface area contributed by atoms with Crippen LogP contribution < -0.4 is 10.5 Å².